The number of hydrogen-bond donors (Lipinski definition) is 2. The molecule has 1 fully saturated rings. The fourth-order valence-electron chi connectivity index (χ4n) is 2.99. The maximum absolute atomic E-state index is 13.1. The number of imidazole rings is 1. The van der Waals surface area contributed by atoms with Crippen molar-refractivity contribution in [2.45, 2.75) is 6.10 Å². The van der Waals surface area contributed by atoms with Gasteiger partial charge in [0.2, 0.25) is 0 Å². The minimum absolute atomic E-state index is 0.292. The molecule has 1 saturated heterocycles. The van der Waals surface area contributed by atoms with Crippen molar-refractivity contribution in [3.8, 4) is 11.4 Å². The number of fused-ring (bicyclic) bond motifs is 1. The van der Waals surface area contributed by atoms with E-state index < -0.39 is 6.09 Å². The zero-order valence-electron chi connectivity index (χ0n) is 13.3. The van der Waals surface area contributed by atoms with Crippen LogP contribution in [-0.4, -0.2) is 45.8 Å². The zero-order valence-corrected chi connectivity index (χ0v) is 13.3. The van der Waals surface area contributed by atoms with Crippen molar-refractivity contribution in [3.05, 3.63) is 53.8 Å². The van der Waals surface area contributed by atoms with E-state index in [2.05, 4.69) is 9.97 Å². The molecule has 1 amide bonds. The summed E-state index contributed by atoms with van der Waals surface area (Å²) in [5, 5.41) is 9.15. The molecule has 3 aromatic rings. The summed E-state index contributed by atoms with van der Waals surface area (Å²) < 4.78 is 18.8. The number of aromatic nitrogens is 2. The molecule has 1 aromatic heterocycles. The molecule has 4 rings (SSSR count). The molecule has 2 aromatic carbocycles. The monoisotopic (exact) mass is 341 g/mol. The number of nitrogens with zero attached hydrogens (tertiary/aromatic N) is 2. The van der Waals surface area contributed by atoms with Crippen molar-refractivity contribution < 1.29 is 19.0 Å². The Kier molecular flexibility index (Phi) is 3.85. The normalized spacial score (nSPS) is 17.8. The number of carboxylic acid groups (broad SMARTS) is 1. The molecule has 1 aliphatic heterocycles. The highest BCUT2D eigenvalue weighted by molar-refractivity contribution is 5.80. The van der Waals surface area contributed by atoms with Crippen LogP contribution in [0.3, 0.4) is 0 Å². The average molecular weight is 341 g/mol. The number of halogens is 1. The smallest absolute Gasteiger partial charge is 0.407 e. The Balaban J connectivity index is 1.64. The highest BCUT2D eigenvalue weighted by atomic mass is 19.1. The van der Waals surface area contributed by atoms with Gasteiger partial charge in [0.05, 0.1) is 24.2 Å². The molecule has 0 radical (unpaired) electrons. The lowest BCUT2D eigenvalue weighted by atomic mass is 10.1. The van der Waals surface area contributed by atoms with Gasteiger partial charge < -0.3 is 19.7 Å². The molecule has 1 atom stereocenters. The SMILES string of the molecule is O=C(O)N1CCOC(c2ccc3[nH]c(-c4ccc(F)cc4)nc3c2)C1. The van der Waals surface area contributed by atoms with E-state index in [9.17, 15) is 9.18 Å². The van der Waals surface area contributed by atoms with E-state index in [1.54, 1.807) is 12.1 Å². The predicted molar refractivity (Wildman–Crippen MR) is 89.8 cm³/mol. The van der Waals surface area contributed by atoms with Crippen molar-refractivity contribution in [2.75, 3.05) is 19.7 Å². The summed E-state index contributed by atoms with van der Waals surface area (Å²) in [7, 11) is 0. The van der Waals surface area contributed by atoms with Crippen molar-refractivity contribution in [2.24, 2.45) is 0 Å². The first-order valence-corrected chi connectivity index (χ1v) is 7.95. The molecule has 0 aliphatic carbocycles. The molecule has 128 valence electrons. The van der Waals surface area contributed by atoms with Gasteiger partial charge in [0.15, 0.2) is 0 Å². The average Bonchev–Trinajstić information content (AvgIpc) is 3.05. The van der Waals surface area contributed by atoms with Gasteiger partial charge in [0.25, 0.3) is 0 Å². The Morgan fingerprint density at radius 1 is 1.28 bits per heavy atom. The maximum atomic E-state index is 13.1. The van der Waals surface area contributed by atoms with Gasteiger partial charge in [-0.15, -0.1) is 0 Å². The summed E-state index contributed by atoms with van der Waals surface area (Å²) in [6.07, 6.45) is -1.24. The molecule has 6 nitrogen and oxygen atoms in total. The first kappa shape index (κ1) is 15.6. The molecular weight excluding hydrogens is 325 g/mol. The van der Waals surface area contributed by atoms with Gasteiger partial charge in [0.1, 0.15) is 17.7 Å². The second kappa shape index (κ2) is 6.18. The second-order valence-electron chi connectivity index (χ2n) is 5.96. The molecule has 2 heterocycles. The largest absolute Gasteiger partial charge is 0.465 e. The Labute approximate surface area is 142 Å². The molecule has 0 saturated carbocycles. The van der Waals surface area contributed by atoms with Gasteiger partial charge in [-0.3, -0.25) is 0 Å². The van der Waals surface area contributed by atoms with Crippen LogP contribution in [0.15, 0.2) is 42.5 Å². The van der Waals surface area contributed by atoms with E-state index in [4.69, 9.17) is 9.84 Å². The molecule has 2 N–H and O–H groups in total. The van der Waals surface area contributed by atoms with Crippen LogP contribution in [0.1, 0.15) is 11.7 Å². The summed E-state index contributed by atoms with van der Waals surface area (Å²) in [6, 6.07) is 11.8. The van der Waals surface area contributed by atoms with Gasteiger partial charge in [-0.05, 0) is 42.0 Å². The van der Waals surface area contributed by atoms with E-state index in [0.717, 1.165) is 22.2 Å². The van der Waals surface area contributed by atoms with Crippen LogP contribution < -0.4 is 0 Å². The molecule has 0 bridgehead atoms. The minimum Gasteiger partial charge on any atom is -0.465 e. The van der Waals surface area contributed by atoms with Crippen LogP contribution >= 0.6 is 0 Å². The van der Waals surface area contributed by atoms with Crippen LogP contribution in [0.5, 0.6) is 0 Å². The van der Waals surface area contributed by atoms with Gasteiger partial charge in [-0.1, -0.05) is 6.07 Å². The maximum Gasteiger partial charge on any atom is 0.407 e. The van der Waals surface area contributed by atoms with Crippen LogP contribution in [0.2, 0.25) is 0 Å². The van der Waals surface area contributed by atoms with Crippen LogP contribution in [0.4, 0.5) is 9.18 Å². The highest BCUT2D eigenvalue weighted by Gasteiger charge is 2.25. The molecule has 1 unspecified atom stereocenters. The number of nitrogens with one attached hydrogen (secondary N) is 1. The number of aromatic amines is 1. The predicted octanol–water partition coefficient (Wildman–Crippen LogP) is 3.42. The van der Waals surface area contributed by atoms with Crippen LogP contribution in [-0.2, 0) is 4.74 Å². The standard InChI is InChI=1S/C18H16FN3O3/c19-13-4-1-11(2-5-13)17-20-14-6-3-12(9-15(14)21-17)16-10-22(18(23)24)7-8-25-16/h1-6,9,16H,7-8,10H2,(H,20,21)(H,23,24). The van der Waals surface area contributed by atoms with E-state index in [-0.39, 0.29) is 11.9 Å². The number of hydrogen-bond acceptors (Lipinski definition) is 3. The fraction of sp³-hybridized carbons (Fsp3) is 0.222. The van der Waals surface area contributed by atoms with E-state index in [1.165, 1.54) is 17.0 Å². The molecule has 1 aliphatic rings. The van der Waals surface area contributed by atoms with Crippen molar-refractivity contribution >= 4 is 17.1 Å². The lowest BCUT2D eigenvalue weighted by Gasteiger charge is -2.31. The number of morpholine rings is 1. The van der Waals surface area contributed by atoms with Crippen molar-refractivity contribution in [3.63, 3.8) is 0 Å². The molecule has 7 heteroatoms. The molecule has 25 heavy (non-hydrogen) atoms. The van der Waals surface area contributed by atoms with Gasteiger partial charge >= 0.3 is 6.09 Å². The van der Waals surface area contributed by atoms with Gasteiger partial charge in [-0.25, -0.2) is 14.2 Å². The zero-order chi connectivity index (χ0) is 17.4. The number of amides is 1. The second-order valence-corrected chi connectivity index (χ2v) is 5.96. The third-order valence-corrected chi connectivity index (χ3v) is 4.33. The Morgan fingerprint density at radius 3 is 2.84 bits per heavy atom. The van der Waals surface area contributed by atoms with Gasteiger partial charge in [-0.2, -0.15) is 0 Å². The lowest BCUT2D eigenvalue weighted by Crippen LogP contribution is -2.41. The Bertz CT molecular complexity index is 923. The topological polar surface area (TPSA) is 78.5 Å². The van der Waals surface area contributed by atoms with Crippen molar-refractivity contribution in [1.29, 1.82) is 0 Å². The van der Waals surface area contributed by atoms with Crippen LogP contribution in [0, 0.1) is 5.82 Å². The lowest BCUT2D eigenvalue weighted by molar-refractivity contribution is -0.0231. The van der Waals surface area contributed by atoms with E-state index >= 15 is 0 Å². The summed E-state index contributed by atoms with van der Waals surface area (Å²) in [6.45, 7) is 1.05. The summed E-state index contributed by atoms with van der Waals surface area (Å²) in [5.41, 5.74) is 3.29. The Morgan fingerprint density at radius 2 is 2.08 bits per heavy atom. The minimum atomic E-state index is -0.937. The number of ether oxygens (including phenoxy) is 1. The fourth-order valence-corrected chi connectivity index (χ4v) is 2.99. The Hall–Kier alpha value is -2.93. The van der Waals surface area contributed by atoms with E-state index in [0.29, 0.717) is 25.5 Å². The first-order chi connectivity index (χ1) is 12.1. The third-order valence-electron chi connectivity index (χ3n) is 4.33. The van der Waals surface area contributed by atoms with Crippen molar-refractivity contribution in [1.82, 2.24) is 14.9 Å². The molecule has 0 spiro atoms. The van der Waals surface area contributed by atoms with E-state index in [1.807, 2.05) is 18.2 Å². The summed E-state index contributed by atoms with van der Waals surface area (Å²) in [4.78, 5) is 20.3. The summed E-state index contributed by atoms with van der Waals surface area (Å²) >= 11 is 0. The summed E-state index contributed by atoms with van der Waals surface area (Å²) in [5.74, 6) is 0.364. The third kappa shape index (κ3) is 3.06. The highest BCUT2D eigenvalue weighted by Crippen LogP contribution is 2.27. The first-order valence-electron chi connectivity index (χ1n) is 7.95. The number of benzene rings is 2. The van der Waals surface area contributed by atoms with Gasteiger partial charge in [0, 0.05) is 12.1 Å². The van der Waals surface area contributed by atoms with Crippen LogP contribution in [0.25, 0.3) is 22.4 Å². The quantitative estimate of drug-likeness (QED) is 0.749. The number of rotatable bonds is 2. The molecular formula is C18H16FN3O3. The number of carbonyl (C=O) groups is 1. The number of H-pyrrole nitrogens is 1.